The van der Waals surface area contributed by atoms with E-state index >= 15 is 0 Å². The van der Waals surface area contributed by atoms with Crippen LogP contribution in [-0.2, 0) is 10.3 Å². The van der Waals surface area contributed by atoms with Gasteiger partial charge < -0.3 is 10.6 Å². The molecule has 102 valence electrons. The van der Waals surface area contributed by atoms with Gasteiger partial charge in [-0.05, 0) is 44.8 Å². The molecular formula is C15H19FN2O. The Morgan fingerprint density at radius 3 is 2.58 bits per heavy atom. The first-order valence-corrected chi connectivity index (χ1v) is 6.99. The molecular weight excluding hydrogens is 243 g/mol. The predicted molar refractivity (Wildman–Crippen MR) is 71.0 cm³/mol. The topological polar surface area (TPSA) is 41.1 Å². The molecule has 0 bridgehead atoms. The maximum Gasteiger partial charge on any atom is 0.223 e. The highest BCUT2D eigenvalue weighted by molar-refractivity contribution is 5.80. The molecule has 3 rings (SSSR count). The summed E-state index contributed by atoms with van der Waals surface area (Å²) in [7, 11) is 0. The summed E-state index contributed by atoms with van der Waals surface area (Å²) in [6, 6.07) is 6.76. The van der Waals surface area contributed by atoms with Gasteiger partial charge in [0.2, 0.25) is 5.91 Å². The quantitative estimate of drug-likeness (QED) is 0.874. The molecule has 1 saturated carbocycles. The van der Waals surface area contributed by atoms with E-state index < -0.39 is 5.54 Å². The lowest BCUT2D eigenvalue weighted by Crippen LogP contribution is -2.43. The van der Waals surface area contributed by atoms with Gasteiger partial charge >= 0.3 is 0 Å². The average molecular weight is 262 g/mol. The van der Waals surface area contributed by atoms with Crippen molar-refractivity contribution in [2.24, 2.45) is 5.92 Å². The Kier molecular flexibility index (Phi) is 3.27. The van der Waals surface area contributed by atoms with Gasteiger partial charge in [-0.2, -0.15) is 0 Å². The third-order valence-corrected chi connectivity index (χ3v) is 4.21. The summed E-state index contributed by atoms with van der Waals surface area (Å²) in [6.45, 7) is 1.79. The van der Waals surface area contributed by atoms with E-state index in [0.29, 0.717) is 5.56 Å². The number of piperidine rings is 1. The summed E-state index contributed by atoms with van der Waals surface area (Å²) in [5.74, 6) is -0.0571. The van der Waals surface area contributed by atoms with Crippen LogP contribution in [0.3, 0.4) is 0 Å². The molecule has 0 spiro atoms. The normalized spacial score (nSPS) is 21.9. The number of carbonyl (C=O) groups is 1. The lowest BCUT2D eigenvalue weighted by atomic mass is 9.95. The van der Waals surface area contributed by atoms with E-state index in [1.165, 1.54) is 6.07 Å². The van der Waals surface area contributed by atoms with Crippen molar-refractivity contribution in [3.63, 3.8) is 0 Å². The maximum absolute atomic E-state index is 13.9. The van der Waals surface area contributed by atoms with Crippen molar-refractivity contribution < 1.29 is 9.18 Å². The minimum atomic E-state index is -0.437. The fourth-order valence-electron chi connectivity index (χ4n) is 2.86. The van der Waals surface area contributed by atoms with Crippen LogP contribution in [0.15, 0.2) is 24.3 Å². The number of rotatable bonds is 3. The number of nitrogens with one attached hydrogen (secondary N) is 2. The molecule has 2 fully saturated rings. The lowest BCUT2D eigenvalue weighted by molar-refractivity contribution is -0.126. The zero-order valence-corrected chi connectivity index (χ0v) is 10.9. The largest absolute Gasteiger partial charge is 0.346 e. The molecule has 0 unspecified atom stereocenters. The number of hydrogen-bond acceptors (Lipinski definition) is 2. The van der Waals surface area contributed by atoms with Crippen molar-refractivity contribution in [1.82, 2.24) is 10.6 Å². The van der Waals surface area contributed by atoms with Crippen LogP contribution in [0.25, 0.3) is 0 Å². The van der Waals surface area contributed by atoms with Crippen molar-refractivity contribution in [1.29, 1.82) is 0 Å². The molecule has 1 aliphatic carbocycles. The van der Waals surface area contributed by atoms with E-state index in [1.54, 1.807) is 12.1 Å². The molecule has 0 aromatic heterocycles. The molecule has 4 heteroatoms. The molecule has 3 nitrogen and oxygen atoms in total. The summed E-state index contributed by atoms with van der Waals surface area (Å²) in [5.41, 5.74) is 0.199. The van der Waals surface area contributed by atoms with Crippen LogP contribution in [-0.4, -0.2) is 19.0 Å². The second-order valence-corrected chi connectivity index (χ2v) is 5.58. The molecule has 2 aliphatic rings. The summed E-state index contributed by atoms with van der Waals surface area (Å²) in [6.07, 6.45) is 3.42. The van der Waals surface area contributed by atoms with Gasteiger partial charge in [0.05, 0.1) is 5.54 Å². The molecule has 1 amide bonds. The van der Waals surface area contributed by atoms with Gasteiger partial charge in [0.1, 0.15) is 5.82 Å². The van der Waals surface area contributed by atoms with Crippen LogP contribution >= 0.6 is 0 Å². The highest BCUT2D eigenvalue weighted by Gasteiger charge is 2.47. The second-order valence-electron chi connectivity index (χ2n) is 5.58. The van der Waals surface area contributed by atoms with Crippen LogP contribution in [0.2, 0.25) is 0 Å². The average Bonchev–Trinajstić information content (AvgIpc) is 3.21. The van der Waals surface area contributed by atoms with Crippen molar-refractivity contribution in [2.75, 3.05) is 13.1 Å². The summed E-state index contributed by atoms with van der Waals surface area (Å²) in [4.78, 5) is 12.3. The van der Waals surface area contributed by atoms with Crippen LogP contribution in [0, 0.1) is 11.7 Å². The van der Waals surface area contributed by atoms with Crippen LogP contribution in [0.4, 0.5) is 4.39 Å². The van der Waals surface area contributed by atoms with E-state index in [-0.39, 0.29) is 17.6 Å². The molecule has 0 atom stereocenters. The van der Waals surface area contributed by atoms with Crippen molar-refractivity contribution in [2.45, 2.75) is 31.2 Å². The number of benzene rings is 1. The third kappa shape index (κ3) is 2.50. The minimum absolute atomic E-state index is 0.0745. The second kappa shape index (κ2) is 4.93. The fraction of sp³-hybridized carbons (Fsp3) is 0.533. The predicted octanol–water partition coefficient (Wildman–Crippen LogP) is 1.93. The van der Waals surface area contributed by atoms with Gasteiger partial charge in [-0.1, -0.05) is 18.2 Å². The summed E-state index contributed by atoms with van der Waals surface area (Å²) >= 11 is 0. The zero-order chi connectivity index (χ0) is 13.3. The molecule has 19 heavy (non-hydrogen) atoms. The molecule has 0 radical (unpaired) electrons. The fourth-order valence-corrected chi connectivity index (χ4v) is 2.86. The number of amides is 1. The number of carbonyl (C=O) groups excluding carboxylic acids is 1. The monoisotopic (exact) mass is 262 g/mol. The standard InChI is InChI=1S/C15H19FN2O/c16-13-4-2-1-3-12(13)15(7-8-15)18-14(19)11-5-9-17-10-6-11/h1-4,11,17H,5-10H2,(H,18,19). The first-order chi connectivity index (χ1) is 9.21. The smallest absolute Gasteiger partial charge is 0.223 e. The SMILES string of the molecule is O=C(NC1(c2ccccc2F)CC1)C1CCNCC1. The molecule has 1 aromatic carbocycles. The molecule has 1 aliphatic heterocycles. The maximum atomic E-state index is 13.9. The van der Waals surface area contributed by atoms with Gasteiger partial charge in [-0.25, -0.2) is 4.39 Å². The number of hydrogen-bond donors (Lipinski definition) is 2. The third-order valence-electron chi connectivity index (χ3n) is 4.21. The molecule has 1 heterocycles. The molecule has 2 N–H and O–H groups in total. The minimum Gasteiger partial charge on any atom is -0.346 e. The van der Waals surface area contributed by atoms with Crippen molar-refractivity contribution >= 4 is 5.91 Å². The van der Waals surface area contributed by atoms with Gasteiger partial charge in [0, 0.05) is 11.5 Å². The lowest BCUT2D eigenvalue weighted by Gasteiger charge is -2.25. The highest BCUT2D eigenvalue weighted by Crippen LogP contribution is 2.46. The first kappa shape index (κ1) is 12.6. The highest BCUT2D eigenvalue weighted by atomic mass is 19.1. The van der Waals surface area contributed by atoms with E-state index in [9.17, 15) is 9.18 Å². The molecule has 1 aromatic rings. The van der Waals surface area contributed by atoms with E-state index in [0.717, 1.165) is 38.8 Å². The first-order valence-electron chi connectivity index (χ1n) is 6.99. The van der Waals surface area contributed by atoms with E-state index in [1.807, 2.05) is 6.07 Å². The van der Waals surface area contributed by atoms with Gasteiger partial charge in [0.25, 0.3) is 0 Å². The zero-order valence-electron chi connectivity index (χ0n) is 10.9. The van der Waals surface area contributed by atoms with Crippen LogP contribution in [0.1, 0.15) is 31.2 Å². The van der Waals surface area contributed by atoms with Crippen LogP contribution in [0.5, 0.6) is 0 Å². The van der Waals surface area contributed by atoms with Gasteiger partial charge in [-0.15, -0.1) is 0 Å². The Balaban J connectivity index is 1.72. The van der Waals surface area contributed by atoms with Crippen molar-refractivity contribution in [3.8, 4) is 0 Å². The molecule has 1 saturated heterocycles. The Labute approximate surface area is 112 Å². The Morgan fingerprint density at radius 2 is 1.95 bits per heavy atom. The van der Waals surface area contributed by atoms with Gasteiger partial charge in [-0.3, -0.25) is 4.79 Å². The summed E-state index contributed by atoms with van der Waals surface area (Å²) in [5, 5.41) is 6.34. The van der Waals surface area contributed by atoms with E-state index in [2.05, 4.69) is 10.6 Å². The Morgan fingerprint density at radius 1 is 1.26 bits per heavy atom. The Hall–Kier alpha value is -1.42. The Bertz CT molecular complexity index is 479. The van der Waals surface area contributed by atoms with Crippen molar-refractivity contribution in [3.05, 3.63) is 35.6 Å². The van der Waals surface area contributed by atoms with E-state index in [4.69, 9.17) is 0 Å². The number of halogens is 1. The van der Waals surface area contributed by atoms with Crippen LogP contribution < -0.4 is 10.6 Å². The summed E-state index contributed by atoms with van der Waals surface area (Å²) < 4.78 is 13.9. The van der Waals surface area contributed by atoms with Gasteiger partial charge in [0.15, 0.2) is 0 Å².